The van der Waals surface area contributed by atoms with Gasteiger partial charge in [-0.05, 0) is 24.6 Å². The topological polar surface area (TPSA) is 44.8 Å². The maximum absolute atomic E-state index is 11.2. The molecule has 0 aliphatic rings. The largest absolute Gasteiger partial charge is 0.513 e. The molecule has 0 amide bonds. The SMILES string of the molecule is CCOC(=O)Oc1ccc(C=CCCl)cc1OC. The highest BCUT2D eigenvalue weighted by atomic mass is 35.5. The molecule has 0 saturated heterocycles. The average Bonchev–Trinajstić information content (AvgIpc) is 2.37. The molecular formula is C13H15ClO4. The third kappa shape index (κ3) is 4.30. The first-order valence-electron chi connectivity index (χ1n) is 5.46. The zero-order chi connectivity index (χ0) is 13.4. The Kier molecular flexibility index (Phi) is 6.08. The molecule has 0 heterocycles. The van der Waals surface area contributed by atoms with Crippen molar-refractivity contribution in [2.45, 2.75) is 6.92 Å². The summed E-state index contributed by atoms with van der Waals surface area (Å²) in [7, 11) is 1.50. The average molecular weight is 271 g/mol. The summed E-state index contributed by atoms with van der Waals surface area (Å²) in [6.45, 7) is 1.97. The van der Waals surface area contributed by atoms with Crippen LogP contribution in [0.2, 0.25) is 0 Å². The van der Waals surface area contributed by atoms with Gasteiger partial charge in [0.1, 0.15) is 0 Å². The number of benzene rings is 1. The number of hydrogen-bond donors (Lipinski definition) is 0. The first-order chi connectivity index (χ1) is 8.71. The molecule has 0 unspecified atom stereocenters. The van der Waals surface area contributed by atoms with Gasteiger partial charge in [-0.2, -0.15) is 0 Å². The molecule has 18 heavy (non-hydrogen) atoms. The van der Waals surface area contributed by atoms with Gasteiger partial charge in [0.2, 0.25) is 0 Å². The van der Waals surface area contributed by atoms with E-state index in [0.717, 1.165) is 5.56 Å². The predicted octanol–water partition coefficient (Wildman–Crippen LogP) is 3.48. The van der Waals surface area contributed by atoms with Crippen LogP contribution in [-0.2, 0) is 4.74 Å². The molecule has 0 saturated carbocycles. The molecule has 0 bridgehead atoms. The Morgan fingerprint density at radius 2 is 2.17 bits per heavy atom. The van der Waals surface area contributed by atoms with Gasteiger partial charge in [0, 0.05) is 5.88 Å². The fraction of sp³-hybridized carbons (Fsp3) is 0.308. The molecule has 1 aromatic carbocycles. The lowest BCUT2D eigenvalue weighted by Crippen LogP contribution is -2.10. The van der Waals surface area contributed by atoms with Crippen LogP contribution in [0.4, 0.5) is 4.79 Å². The maximum atomic E-state index is 11.2. The van der Waals surface area contributed by atoms with E-state index in [1.54, 1.807) is 25.1 Å². The number of carbonyl (C=O) groups excluding carboxylic acids is 1. The highest BCUT2D eigenvalue weighted by Crippen LogP contribution is 2.28. The number of carbonyl (C=O) groups is 1. The van der Waals surface area contributed by atoms with Crippen LogP contribution in [0.15, 0.2) is 24.3 Å². The van der Waals surface area contributed by atoms with Gasteiger partial charge in [0.05, 0.1) is 13.7 Å². The van der Waals surface area contributed by atoms with Gasteiger partial charge in [-0.15, -0.1) is 11.6 Å². The van der Waals surface area contributed by atoms with Gasteiger partial charge in [-0.25, -0.2) is 4.79 Å². The molecule has 0 spiro atoms. The van der Waals surface area contributed by atoms with Crippen molar-refractivity contribution >= 4 is 23.8 Å². The number of halogens is 1. The van der Waals surface area contributed by atoms with E-state index in [2.05, 4.69) is 0 Å². The minimum Gasteiger partial charge on any atom is -0.493 e. The molecule has 98 valence electrons. The van der Waals surface area contributed by atoms with Crippen molar-refractivity contribution in [1.29, 1.82) is 0 Å². The van der Waals surface area contributed by atoms with Crippen LogP contribution in [0, 0.1) is 0 Å². The van der Waals surface area contributed by atoms with E-state index >= 15 is 0 Å². The van der Waals surface area contributed by atoms with Crippen molar-refractivity contribution < 1.29 is 19.0 Å². The van der Waals surface area contributed by atoms with Gasteiger partial charge in [0.25, 0.3) is 0 Å². The second-order valence-electron chi connectivity index (χ2n) is 3.25. The summed E-state index contributed by atoms with van der Waals surface area (Å²) in [5.74, 6) is 1.21. The molecule has 1 aromatic rings. The van der Waals surface area contributed by atoms with Crippen LogP contribution >= 0.6 is 11.6 Å². The van der Waals surface area contributed by atoms with Gasteiger partial charge in [-0.1, -0.05) is 18.2 Å². The molecule has 1 rings (SSSR count). The Morgan fingerprint density at radius 1 is 1.39 bits per heavy atom. The van der Waals surface area contributed by atoms with E-state index in [1.165, 1.54) is 7.11 Å². The zero-order valence-electron chi connectivity index (χ0n) is 10.3. The molecule has 5 heteroatoms. The van der Waals surface area contributed by atoms with E-state index in [4.69, 9.17) is 25.8 Å². The lowest BCUT2D eigenvalue weighted by Gasteiger charge is -2.09. The number of allylic oxidation sites excluding steroid dienone is 1. The number of ether oxygens (including phenoxy) is 3. The Morgan fingerprint density at radius 3 is 2.78 bits per heavy atom. The van der Waals surface area contributed by atoms with Crippen molar-refractivity contribution in [3.63, 3.8) is 0 Å². The Balaban J connectivity index is 2.86. The molecule has 0 atom stereocenters. The predicted molar refractivity (Wildman–Crippen MR) is 70.4 cm³/mol. The van der Waals surface area contributed by atoms with Crippen LogP contribution in [-0.4, -0.2) is 25.8 Å². The van der Waals surface area contributed by atoms with Crippen molar-refractivity contribution in [3.05, 3.63) is 29.8 Å². The third-order valence-corrected chi connectivity index (χ3v) is 2.22. The van der Waals surface area contributed by atoms with E-state index < -0.39 is 6.16 Å². The summed E-state index contributed by atoms with van der Waals surface area (Å²) < 4.78 is 14.8. The number of rotatable bonds is 5. The fourth-order valence-electron chi connectivity index (χ4n) is 1.29. The fourth-order valence-corrected chi connectivity index (χ4v) is 1.38. The second-order valence-corrected chi connectivity index (χ2v) is 3.56. The molecular weight excluding hydrogens is 256 g/mol. The Labute approximate surface area is 111 Å². The van der Waals surface area contributed by atoms with Crippen molar-refractivity contribution in [3.8, 4) is 11.5 Å². The molecule has 0 aliphatic heterocycles. The van der Waals surface area contributed by atoms with Crippen LogP contribution < -0.4 is 9.47 Å². The third-order valence-electron chi connectivity index (χ3n) is 2.04. The molecule has 4 nitrogen and oxygen atoms in total. The number of methoxy groups -OCH3 is 1. The standard InChI is InChI=1S/C13H15ClO4/c1-3-17-13(15)18-11-7-6-10(5-4-8-14)9-12(11)16-2/h4-7,9H,3,8H2,1-2H3. The Bertz CT molecular complexity index is 429. The maximum Gasteiger partial charge on any atom is 0.513 e. The Hall–Kier alpha value is -1.68. The summed E-state index contributed by atoms with van der Waals surface area (Å²) in [5, 5.41) is 0. The normalized spacial score (nSPS) is 10.4. The zero-order valence-corrected chi connectivity index (χ0v) is 11.1. The second kappa shape index (κ2) is 7.61. The summed E-state index contributed by atoms with van der Waals surface area (Å²) in [6.07, 6.45) is 2.91. The van der Waals surface area contributed by atoms with Gasteiger partial charge >= 0.3 is 6.16 Å². The van der Waals surface area contributed by atoms with Crippen LogP contribution in [0.25, 0.3) is 6.08 Å². The molecule has 0 aromatic heterocycles. The molecule has 0 radical (unpaired) electrons. The van der Waals surface area contributed by atoms with E-state index in [9.17, 15) is 4.79 Å². The van der Waals surface area contributed by atoms with E-state index in [-0.39, 0.29) is 6.61 Å². The van der Waals surface area contributed by atoms with E-state index in [0.29, 0.717) is 17.4 Å². The van der Waals surface area contributed by atoms with Crippen LogP contribution in [0.3, 0.4) is 0 Å². The first kappa shape index (κ1) is 14.4. The van der Waals surface area contributed by atoms with Crippen LogP contribution in [0.1, 0.15) is 12.5 Å². The summed E-state index contributed by atoms with van der Waals surface area (Å²) in [4.78, 5) is 11.2. The summed E-state index contributed by atoms with van der Waals surface area (Å²) in [6, 6.07) is 5.18. The molecule has 0 aliphatic carbocycles. The quantitative estimate of drug-likeness (QED) is 0.467. The summed E-state index contributed by atoms with van der Waals surface area (Å²) >= 11 is 5.56. The van der Waals surface area contributed by atoms with Gasteiger partial charge in [-0.3, -0.25) is 0 Å². The number of hydrogen-bond acceptors (Lipinski definition) is 4. The van der Waals surface area contributed by atoms with Crippen LogP contribution in [0.5, 0.6) is 11.5 Å². The lowest BCUT2D eigenvalue weighted by molar-refractivity contribution is 0.103. The smallest absolute Gasteiger partial charge is 0.493 e. The van der Waals surface area contributed by atoms with Gasteiger partial charge in [0.15, 0.2) is 11.5 Å². The van der Waals surface area contributed by atoms with E-state index in [1.807, 2.05) is 12.2 Å². The minimum absolute atomic E-state index is 0.262. The van der Waals surface area contributed by atoms with Crippen molar-refractivity contribution in [2.75, 3.05) is 19.6 Å². The van der Waals surface area contributed by atoms with Crippen molar-refractivity contribution in [2.24, 2.45) is 0 Å². The minimum atomic E-state index is -0.750. The molecule has 0 N–H and O–H groups in total. The summed E-state index contributed by atoms with van der Waals surface area (Å²) in [5.41, 5.74) is 0.906. The monoisotopic (exact) mass is 270 g/mol. The highest BCUT2D eigenvalue weighted by Gasteiger charge is 2.10. The highest BCUT2D eigenvalue weighted by molar-refractivity contribution is 6.19. The van der Waals surface area contributed by atoms with Crippen molar-refractivity contribution in [1.82, 2.24) is 0 Å². The van der Waals surface area contributed by atoms with Gasteiger partial charge < -0.3 is 14.2 Å². The molecule has 0 fully saturated rings. The number of alkyl halides is 1. The lowest BCUT2D eigenvalue weighted by atomic mass is 10.2. The first-order valence-corrected chi connectivity index (χ1v) is 5.99.